The molecule has 1 aromatic carbocycles. The molecule has 2 heterocycles. The van der Waals surface area contributed by atoms with Crippen LogP contribution in [0, 0.1) is 5.82 Å². The van der Waals surface area contributed by atoms with Crippen molar-refractivity contribution in [3.8, 4) is 5.69 Å². The van der Waals surface area contributed by atoms with Gasteiger partial charge in [-0.2, -0.15) is 4.57 Å². The van der Waals surface area contributed by atoms with Crippen molar-refractivity contribution in [3.63, 3.8) is 0 Å². The topological polar surface area (TPSA) is 21.7 Å². The fourth-order valence-electron chi connectivity index (χ4n) is 2.10. The van der Waals surface area contributed by atoms with Gasteiger partial charge in [0.1, 0.15) is 11.5 Å². The molecule has 0 aliphatic rings. The monoisotopic (exact) mass is 242 g/mol. The van der Waals surface area contributed by atoms with Crippen LogP contribution in [0.4, 0.5) is 4.39 Å². The van der Waals surface area contributed by atoms with E-state index in [2.05, 4.69) is 16.5 Å². The van der Waals surface area contributed by atoms with Gasteiger partial charge in [0.15, 0.2) is 5.52 Å². The van der Waals surface area contributed by atoms with E-state index in [0.717, 1.165) is 23.4 Å². The second-order valence-electron chi connectivity index (χ2n) is 4.09. The smallest absolute Gasteiger partial charge is 0.228 e. The summed E-state index contributed by atoms with van der Waals surface area (Å²) in [4.78, 5) is 4.40. The molecule has 3 aromatic rings. The lowest BCUT2D eigenvalue weighted by Crippen LogP contribution is -2.30. The summed E-state index contributed by atoms with van der Waals surface area (Å²) in [5.41, 5.74) is 2.86. The number of pyridine rings is 1. The fourth-order valence-corrected chi connectivity index (χ4v) is 2.10. The molecule has 0 fully saturated rings. The van der Waals surface area contributed by atoms with E-state index in [1.54, 1.807) is 18.3 Å². The molecule has 4 heteroatoms. The maximum atomic E-state index is 13.0. The highest BCUT2D eigenvalue weighted by Gasteiger charge is 2.16. The van der Waals surface area contributed by atoms with Crippen molar-refractivity contribution < 1.29 is 8.96 Å². The molecular formula is C14H13FN3+. The van der Waals surface area contributed by atoms with Crippen molar-refractivity contribution in [1.82, 2.24) is 9.55 Å². The van der Waals surface area contributed by atoms with Gasteiger partial charge in [-0.15, -0.1) is 0 Å². The van der Waals surface area contributed by atoms with Crippen LogP contribution in [-0.2, 0) is 6.54 Å². The minimum absolute atomic E-state index is 0.230. The number of rotatable bonds is 2. The zero-order chi connectivity index (χ0) is 12.5. The van der Waals surface area contributed by atoms with Gasteiger partial charge in [0.05, 0.1) is 6.54 Å². The van der Waals surface area contributed by atoms with Crippen molar-refractivity contribution >= 4 is 11.2 Å². The van der Waals surface area contributed by atoms with E-state index in [1.165, 1.54) is 12.1 Å². The summed E-state index contributed by atoms with van der Waals surface area (Å²) in [5, 5.41) is 0. The third-order valence-corrected chi connectivity index (χ3v) is 3.00. The lowest BCUT2D eigenvalue weighted by atomic mass is 10.3. The Morgan fingerprint density at radius 2 is 2.00 bits per heavy atom. The highest BCUT2D eigenvalue weighted by molar-refractivity contribution is 5.68. The zero-order valence-corrected chi connectivity index (χ0v) is 10.0. The van der Waals surface area contributed by atoms with E-state index in [4.69, 9.17) is 0 Å². The lowest BCUT2D eigenvalue weighted by Gasteiger charge is -1.95. The quantitative estimate of drug-likeness (QED) is 0.633. The van der Waals surface area contributed by atoms with Crippen LogP contribution in [0.3, 0.4) is 0 Å². The van der Waals surface area contributed by atoms with Crippen molar-refractivity contribution in [2.45, 2.75) is 13.5 Å². The molecular weight excluding hydrogens is 229 g/mol. The predicted octanol–water partition coefficient (Wildman–Crippen LogP) is 2.47. The number of imidazole rings is 1. The SMILES string of the molecule is CC[n+]1cn(-c2ccc(F)cc2)c2ncccc21. The molecule has 0 spiro atoms. The average Bonchev–Trinajstić information content (AvgIpc) is 2.79. The van der Waals surface area contributed by atoms with Crippen LogP contribution in [0.5, 0.6) is 0 Å². The first-order chi connectivity index (χ1) is 8.79. The third-order valence-electron chi connectivity index (χ3n) is 3.00. The molecule has 0 amide bonds. The molecule has 0 bridgehead atoms. The molecule has 90 valence electrons. The first-order valence-corrected chi connectivity index (χ1v) is 5.91. The van der Waals surface area contributed by atoms with Gasteiger partial charge in [0.2, 0.25) is 0 Å². The van der Waals surface area contributed by atoms with Crippen molar-refractivity contribution in [3.05, 3.63) is 54.7 Å². The Kier molecular flexibility index (Phi) is 2.55. The van der Waals surface area contributed by atoms with Gasteiger partial charge in [-0.25, -0.2) is 13.9 Å². The molecule has 0 saturated heterocycles. The van der Waals surface area contributed by atoms with Gasteiger partial charge >= 0.3 is 0 Å². The lowest BCUT2D eigenvalue weighted by molar-refractivity contribution is -0.668. The number of aromatic nitrogens is 3. The summed E-state index contributed by atoms with van der Waals surface area (Å²) in [6, 6.07) is 10.4. The van der Waals surface area contributed by atoms with Gasteiger partial charge < -0.3 is 0 Å². The highest BCUT2D eigenvalue weighted by atomic mass is 19.1. The normalized spacial score (nSPS) is 11.0. The Morgan fingerprint density at radius 1 is 1.22 bits per heavy atom. The largest absolute Gasteiger partial charge is 0.273 e. The zero-order valence-electron chi connectivity index (χ0n) is 10.0. The van der Waals surface area contributed by atoms with E-state index < -0.39 is 0 Å². The van der Waals surface area contributed by atoms with Crippen molar-refractivity contribution in [1.29, 1.82) is 0 Å². The molecule has 3 nitrogen and oxygen atoms in total. The standard InChI is InChI=1S/C14H13FN3/c1-2-17-10-18(12-7-5-11(15)6-8-12)14-13(17)4-3-9-16-14/h3-10H,2H2,1H3/q+1. The molecule has 0 unspecified atom stereocenters. The summed E-state index contributed by atoms with van der Waals surface area (Å²) < 4.78 is 17.0. The molecule has 3 rings (SSSR count). The van der Waals surface area contributed by atoms with Crippen LogP contribution < -0.4 is 4.57 Å². The summed E-state index contributed by atoms with van der Waals surface area (Å²) in [6.07, 6.45) is 3.76. The van der Waals surface area contributed by atoms with Gasteiger partial charge in [0, 0.05) is 6.20 Å². The van der Waals surface area contributed by atoms with Crippen LogP contribution in [0.2, 0.25) is 0 Å². The van der Waals surface area contributed by atoms with Crippen molar-refractivity contribution in [2.24, 2.45) is 0 Å². The number of benzene rings is 1. The maximum Gasteiger partial charge on any atom is 0.273 e. The average molecular weight is 242 g/mol. The Morgan fingerprint density at radius 3 is 2.72 bits per heavy atom. The molecule has 0 aliphatic carbocycles. The number of nitrogens with zero attached hydrogens (tertiary/aromatic N) is 3. The van der Waals surface area contributed by atoms with E-state index in [0.29, 0.717) is 0 Å². The van der Waals surface area contributed by atoms with E-state index in [-0.39, 0.29) is 5.82 Å². The summed E-state index contributed by atoms with van der Waals surface area (Å²) in [5.74, 6) is -0.230. The number of hydrogen-bond acceptors (Lipinski definition) is 1. The molecule has 2 aromatic heterocycles. The molecule has 0 radical (unpaired) electrons. The van der Waals surface area contributed by atoms with E-state index in [9.17, 15) is 4.39 Å². The minimum Gasteiger partial charge on any atom is -0.228 e. The third kappa shape index (κ3) is 1.66. The Bertz CT molecular complexity index is 686. The Balaban J connectivity index is 2.26. The van der Waals surface area contributed by atoms with Gasteiger partial charge in [-0.1, -0.05) is 0 Å². The van der Waals surface area contributed by atoms with E-state index >= 15 is 0 Å². The first kappa shape index (κ1) is 10.9. The van der Waals surface area contributed by atoms with Gasteiger partial charge in [-0.05, 0) is 43.3 Å². The molecule has 18 heavy (non-hydrogen) atoms. The summed E-state index contributed by atoms with van der Waals surface area (Å²) in [7, 11) is 0. The van der Waals surface area contributed by atoms with Gasteiger partial charge in [-0.3, -0.25) is 0 Å². The molecule has 0 saturated carbocycles. The summed E-state index contributed by atoms with van der Waals surface area (Å²) >= 11 is 0. The predicted molar refractivity (Wildman–Crippen MR) is 66.9 cm³/mol. The fraction of sp³-hybridized carbons (Fsp3) is 0.143. The van der Waals surface area contributed by atoms with Crippen LogP contribution in [-0.4, -0.2) is 9.55 Å². The maximum absolute atomic E-state index is 13.0. The van der Waals surface area contributed by atoms with Crippen LogP contribution in [0.15, 0.2) is 48.9 Å². The van der Waals surface area contributed by atoms with Crippen LogP contribution in [0.1, 0.15) is 6.92 Å². The van der Waals surface area contributed by atoms with Crippen LogP contribution in [0.25, 0.3) is 16.9 Å². The number of hydrogen-bond donors (Lipinski definition) is 0. The van der Waals surface area contributed by atoms with E-state index in [1.807, 2.05) is 23.0 Å². The molecule has 0 atom stereocenters. The second-order valence-corrected chi connectivity index (χ2v) is 4.09. The first-order valence-electron chi connectivity index (χ1n) is 5.91. The van der Waals surface area contributed by atoms with Crippen molar-refractivity contribution in [2.75, 3.05) is 0 Å². The second kappa shape index (κ2) is 4.22. The number of aryl methyl sites for hydroxylation is 1. The van der Waals surface area contributed by atoms with Gasteiger partial charge in [0.25, 0.3) is 12.0 Å². The molecule has 0 aliphatic heterocycles. The minimum atomic E-state index is -0.230. The molecule has 0 N–H and O–H groups in total. The summed E-state index contributed by atoms with van der Waals surface area (Å²) in [6.45, 7) is 2.96. The number of fused-ring (bicyclic) bond motifs is 1. The van der Waals surface area contributed by atoms with Crippen LogP contribution >= 0.6 is 0 Å². The number of halogens is 1. The highest BCUT2D eigenvalue weighted by Crippen LogP contribution is 2.15. The Labute approximate surface area is 104 Å². The Hall–Kier alpha value is -2.23.